The van der Waals surface area contributed by atoms with Crippen molar-refractivity contribution in [3.63, 3.8) is 0 Å². The molecule has 3 rings (SSSR count). The zero-order valence-corrected chi connectivity index (χ0v) is 16.2. The molecule has 0 spiro atoms. The fourth-order valence-electron chi connectivity index (χ4n) is 2.74. The van der Waals surface area contributed by atoms with Gasteiger partial charge in [-0.1, -0.05) is 42.4 Å². The van der Waals surface area contributed by atoms with Gasteiger partial charge in [0, 0.05) is 11.7 Å². The van der Waals surface area contributed by atoms with Crippen molar-refractivity contribution in [1.82, 2.24) is 15.5 Å². The molecule has 0 radical (unpaired) electrons. The highest BCUT2D eigenvalue weighted by Crippen LogP contribution is 2.25. The minimum atomic E-state index is -0.358. The fraction of sp³-hybridized carbons (Fsp3) is 0.412. The number of hydrogen-bond donors (Lipinski definition) is 3. The van der Waals surface area contributed by atoms with Crippen LogP contribution in [0.25, 0.3) is 0 Å². The third-order valence-electron chi connectivity index (χ3n) is 4.02. The molecule has 144 valence electrons. The van der Waals surface area contributed by atoms with Crippen LogP contribution in [0.4, 0.5) is 20.0 Å². The second-order valence-corrected chi connectivity index (χ2v) is 8.35. The summed E-state index contributed by atoms with van der Waals surface area (Å²) < 4.78 is 13.4. The van der Waals surface area contributed by atoms with Crippen LogP contribution in [-0.2, 0) is 4.79 Å². The Balaban J connectivity index is 1.41. The van der Waals surface area contributed by atoms with Gasteiger partial charge in [-0.2, -0.15) is 0 Å². The lowest BCUT2D eigenvalue weighted by atomic mass is 9.96. The topological polar surface area (TPSA) is 96.0 Å². The molecule has 1 aromatic heterocycles. The molecule has 1 aromatic carbocycles. The first-order valence-corrected chi connectivity index (χ1v) is 10.5. The number of carbonyl (C=O) groups excluding carboxylic acids is 2. The quantitative estimate of drug-likeness (QED) is 0.497. The predicted octanol–water partition coefficient (Wildman–Crippen LogP) is 3.86. The molecule has 1 saturated carbocycles. The minimum Gasteiger partial charge on any atom is -0.335 e. The molecule has 2 aromatic rings. The van der Waals surface area contributed by atoms with Gasteiger partial charge in [-0.3, -0.25) is 10.1 Å². The summed E-state index contributed by atoms with van der Waals surface area (Å²) in [5.74, 6) is -0.449. The number of anilines is 2. The molecule has 0 atom stereocenters. The van der Waals surface area contributed by atoms with Gasteiger partial charge in [-0.25, -0.2) is 9.18 Å². The second kappa shape index (κ2) is 9.65. The van der Waals surface area contributed by atoms with E-state index in [2.05, 4.69) is 26.1 Å². The summed E-state index contributed by atoms with van der Waals surface area (Å²) in [7, 11) is 0. The van der Waals surface area contributed by atoms with Gasteiger partial charge in [0.2, 0.25) is 11.0 Å². The number of halogens is 1. The van der Waals surface area contributed by atoms with Crippen LogP contribution in [0.5, 0.6) is 0 Å². The summed E-state index contributed by atoms with van der Waals surface area (Å²) in [5.41, 5.74) is 0.529. The van der Waals surface area contributed by atoms with Crippen LogP contribution in [0.1, 0.15) is 32.1 Å². The summed E-state index contributed by atoms with van der Waals surface area (Å²) in [5, 5.41) is 16.6. The molecule has 3 N–H and O–H groups in total. The number of urea groups is 1. The van der Waals surface area contributed by atoms with E-state index >= 15 is 0 Å². The van der Waals surface area contributed by atoms with Crippen molar-refractivity contribution in [2.45, 2.75) is 42.5 Å². The number of carbonyl (C=O) groups is 2. The molecule has 1 heterocycles. The number of benzene rings is 1. The Kier molecular flexibility index (Phi) is 6.99. The van der Waals surface area contributed by atoms with Gasteiger partial charge in [0.25, 0.3) is 0 Å². The number of nitrogens with zero attached hydrogens (tertiary/aromatic N) is 2. The maximum absolute atomic E-state index is 12.9. The van der Waals surface area contributed by atoms with Gasteiger partial charge in [0.1, 0.15) is 5.82 Å². The van der Waals surface area contributed by atoms with E-state index in [0.29, 0.717) is 15.2 Å². The van der Waals surface area contributed by atoms with Crippen molar-refractivity contribution < 1.29 is 14.0 Å². The van der Waals surface area contributed by atoms with Crippen LogP contribution in [0.2, 0.25) is 0 Å². The lowest BCUT2D eigenvalue weighted by molar-refractivity contribution is -0.113. The number of thioether (sulfide) groups is 1. The third kappa shape index (κ3) is 6.47. The van der Waals surface area contributed by atoms with Crippen molar-refractivity contribution in [2.75, 3.05) is 16.4 Å². The second-order valence-electron chi connectivity index (χ2n) is 6.15. The van der Waals surface area contributed by atoms with Gasteiger partial charge >= 0.3 is 6.03 Å². The van der Waals surface area contributed by atoms with Crippen molar-refractivity contribution in [2.24, 2.45) is 0 Å². The van der Waals surface area contributed by atoms with Gasteiger partial charge in [0.15, 0.2) is 4.34 Å². The van der Waals surface area contributed by atoms with Gasteiger partial charge in [0.05, 0.1) is 5.75 Å². The maximum Gasteiger partial charge on any atom is 0.321 e. The predicted molar refractivity (Wildman–Crippen MR) is 105 cm³/mol. The average Bonchev–Trinajstić information content (AvgIpc) is 3.10. The molecule has 1 aliphatic rings. The van der Waals surface area contributed by atoms with Crippen LogP contribution in [0.15, 0.2) is 28.6 Å². The summed E-state index contributed by atoms with van der Waals surface area (Å²) in [6, 6.07) is 5.50. The van der Waals surface area contributed by atoms with Crippen LogP contribution in [-0.4, -0.2) is 33.9 Å². The molecule has 3 amide bonds. The van der Waals surface area contributed by atoms with E-state index in [9.17, 15) is 14.0 Å². The lowest BCUT2D eigenvalue weighted by Gasteiger charge is -2.22. The zero-order valence-electron chi connectivity index (χ0n) is 14.5. The van der Waals surface area contributed by atoms with E-state index in [4.69, 9.17) is 0 Å². The highest BCUT2D eigenvalue weighted by molar-refractivity contribution is 8.01. The molecular formula is C17H20FN5O2S2. The molecule has 1 aliphatic carbocycles. The third-order valence-corrected chi connectivity index (χ3v) is 5.99. The van der Waals surface area contributed by atoms with E-state index in [1.807, 2.05) is 0 Å². The van der Waals surface area contributed by atoms with Crippen LogP contribution < -0.4 is 16.0 Å². The monoisotopic (exact) mass is 409 g/mol. The Bertz CT molecular complexity index is 778. The number of amides is 3. The van der Waals surface area contributed by atoms with Gasteiger partial charge in [-0.15, -0.1) is 10.2 Å². The molecule has 27 heavy (non-hydrogen) atoms. The first-order chi connectivity index (χ1) is 13.1. The Morgan fingerprint density at radius 3 is 2.59 bits per heavy atom. The van der Waals surface area contributed by atoms with Gasteiger partial charge in [-0.05, 0) is 37.1 Å². The largest absolute Gasteiger partial charge is 0.335 e. The molecule has 0 bridgehead atoms. The normalized spacial score (nSPS) is 14.6. The smallest absolute Gasteiger partial charge is 0.321 e. The molecule has 0 unspecified atom stereocenters. The van der Waals surface area contributed by atoms with Crippen molar-refractivity contribution in [3.8, 4) is 0 Å². The van der Waals surface area contributed by atoms with E-state index < -0.39 is 0 Å². The number of aromatic nitrogens is 2. The lowest BCUT2D eigenvalue weighted by Crippen LogP contribution is -2.38. The first-order valence-electron chi connectivity index (χ1n) is 8.68. The number of nitrogens with one attached hydrogen (secondary N) is 3. The summed E-state index contributed by atoms with van der Waals surface area (Å²) in [4.78, 5) is 23.9. The van der Waals surface area contributed by atoms with Crippen molar-refractivity contribution in [3.05, 3.63) is 30.1 Å². The highest BCUT2D eigenvalue weighted by atomic mass is 32.2. The minimum absolute atomic E-state index is 0.139. The van der Waals surface area contributed by atoms with E-state index in [-0.39, 0.29) is 29.6 Å². The Morgan fingerprint density at radius 2 is 1.85 bits per heavy atom. The Morgan fingerprint density at radius 1 is 1.11 bits per heavy atom. The molecular weight excluding hydrogens is 389 g/mol. The Hall–Kier alpha value is -2.20. The van der Waals surface area contributed by atoms with Crippen LogP contribution >= 0.6 is 23.1 Å². The molecule has 7 nitrogen and oxygen atoms in total. The standard InChI is InChI=1S/C17H20FN5O2S2/c18-11-6-8-13(9-7-11)19-14(24)10-26-17-23-22-16(27-17)21-15(25)20-12-4-2-1-3-5-12/h6-9,12H,1-5,10H2,(H,19,24)(H2,20,21,22,25). The SMILES string of the molecule is O=C(CSc1nnc(NC(=O)NC2CCCCC2)s1)Nc1ccc(F)cc1. The maximum atomic E-state index is 12.9. The first kappa shape index (κ1) is 19.6. The van der Waals surface area contributed by atoms with Crippen LogP contribution in [0, 0.1) is 5.82 Å². The number of rotatable bonds is 6. The van der Waals surface area contributed by atoms with Crippen molar-refractivity contribution in [1.29, 1.82) is 0 Å². The van der Waals surface area contributed by atoms with E-state index in [0.717, 1.165) is 25.7 Å². The molecule has 10 heteroatoms. The summed E-state index contributed by atoms with van der Waals surface area (Å²) >= 11 is 2.43. The van der Waals surface area contributed by atoms with Crippen LogP contribution in [0.3, 0.4) is 0 Å². The Labute approximate surface area is 164 Å². The van der Waals surface area contributed by atoms with Gasteiger partial charge < -0.3 is 10.6 Å². The molecule has 1 fully saturated rings. The van der Waals surface area contributed by atoms with Crippen molar-refractivity contribution >= 4 is 45.9 Å². The average molecular weight is 410 g/mol. The van der Waals surface area contributed by atoms with E-state index in [1.54, 1.807) is 0 Å². The molecule has 0 aliphatic heterocycles. The fourth-order valence-corrected chi connectivity index (χ4v) is 4.29. The molecule has 0 saturated heterocycles. The summed E-state index contributed by atoms with van der Waals surface area (Å²) in [6.07, 6.45) is 5.53. The number of hydrogen-bond acceptors (Lipinski definition) is 6. The zero-order chi connectivity index (χ0) is 19.1. The summed E-state index contributed by atoms with van der Waals surface area (Å²) in [6.45, 7) is 0. The van der Waals surface area contributed by atoms with E-state index in [1.165, 1.54) is 53.8 Å². The highest BCUT2D eigenvalue weighted by Gasteiger charge is 2.17.